The number of benzene rings is 1. The number of amides is 1. The third-order valence-corrected chi connectivity index (χ3v) is 3.15. The molecular formula is C13H18N2O3. The third kappa shape index (κ3) is 2.69. The minimum absolute atomic E-state index is 0.163. The maximum Gasteiger partial charge on any atom is 0.254 e. The molecule has 5 heteroatoms. The van der Waals surface area contributed by atoms with E-state index in [-0.39, 0.29) is 19.0 Å². The van der Waals surface area contributed by atoms with Crippen molar-refractivity contribution in [3.8, 4) is 0 Å². The molecule has 1 aliphatic heterocycles. The maximum atomic E-state index is 12.2. The van der Waals surface area contributed by atoms with E-state index < -0.39 is 12.2 Å². The molecule has 0 unspecified atom stereocenters. The molecule has 5 nitrogen and oxygen atoms in total. The first-order valence-electron chi connectivity index (χ1n) is 6.06. The molecule has 1 aromatic rings. The minimum Gasteiger partial charge on any atom is -0.388 e. The van der Waals surface area contributed by atoms with Gasteiger partial charge < -0.3 is 20.8 Å². The predicted molar refractivity (Wildman–Crippen MR) is 67.1 cm³/mol. The van der Waals surface area contributed by atoms with Crippen LogP contribution >= 0.6 is 0 Å². The Morgan fingerprint density at radius 1 is 1.33 bits per heavy atom. The number of rotatable bonds is 3. The van der Waals surface area contributed by atoms with Gasteiger partial charge in [-0.1, -0.05) is 12.1 Å². The number of carbonyl (C=O) groups is 1. The summed E-state index contributed by atoms with van der Waals surface area (Å²) in [5.74, 6) is -0.163. The second kappa shape index (κ2) is 5.48. The number of hydrogen-bond acceptors (Lipinski definition) is 4. The highest BCUT2D eigenvalue weighted by Gasteiger charge is 2.32. The van der Waals surface area contributed by atoms with Crippen LogP contribution in [0.4, 0.5) is 0 Å². The highest BCUT2D eigenvalue weighted by atomic mass is 16.3. The number of hydrogen-bond donors (Lipinski definition) is 3. The molecule has 0 spiro atoms. The Bertz CT molecular complexity index is 426. The number of β-amino-alcohol motifs (C(OH)–C–C–N with tert-alkyl or cyclic N) is 2. The Kier molecular flexibility index (Phi) is 3.96. The van der Waals surface area contributed by atoms with Gasteiger partial charge in [0.1, 0.15) is 0 Å². The fourth-order valence-corrected chi connectivity index (χ4v) is 2.14. The Morgan fingerprint density at radius 3 is 2.61 bits per heavy atom. The van der Waals surface area contributed by atoms with Crippen LogP contribution in [0, 0.1) is 0 Å². The van der Waals surface area contributed by atoms with Crippen molar-refractivity contribution in [3.63, 3.8) is 0 Å². The molecule has 0 radical (unpaired) electrons. The Labute approximate surface area is 106 Å². The molecule has 1 heterocycles. The lowest BCUT2D eigenvalue weighted by Crippen LogP contribution is -2.29. The molecule has 98 valence electrons. The van der Waals surface area contributed by atoms with Gasteiger partial charge in [0.2, 0.25) is 0 Å². The summed E-state index contributed by atoms with van der Waals surface area (Å²) in [6.45, 7) is 0.904. The highest BCUT2D eigenvalue weighted by Crippen LogP contribution is 2.15. The van der Waals surface area contributed by atoms with E-state index in [0.717, 1.165) is 12.0 Å². The first kappa shape index (κ1) is 13.0. The smallest absolute Gasteiger partial charge is 0.254 e. The van der Waals surface area contributed by atoms with E-state index in [1.807, 2.05) is 18.2 Å². The van der Waals surface area contributed by atoms with Gasteiger partial charge in [-0.05, 0) is 30.7 Å². The molecule has 4 N–H and O–H groups in total. The van der Waals surface area contributed by atoms with Crippen molar-refractivity contribution in [3.05, 3.63) is 35.4 Å². The van der Waals surface area contributed by atoms with Crippen LogP contribution in [0.25, 0.3) is 0 Å². The van der Waals surface area contributed by atoms with E-state index in [1.165, 1.54) is 4.90 Å². The van der Waals surface area contributed by atoms with Gasteiger partial charge in [-0.25, -0.2) is 0 Å². The SMILES string of the molecule is NCCc1cccc(C(=O)N2C[C@@H](O)[C@@H](O)C2)c1. The van der Waals surface area contributed by atoms with Crippen LogP contribution in [0.1, 0.15) is 15.9 Å². The van der Waals surface area contributed by atoms with E-state index in [9.17, 15) is 15.0 Å². The van der Waals surface area contributed by atoms with E-state index in [2.05, 4.69) is 0 Å². The van der Waals surface area contributed by atoms with E-state index >= 15 is 0 Å². The molecule has 0 bridgehead atoms. The standard InChI is InChI=1S/C13H18N2O3/c14-5-4-9-2-1-3-10(6-9)13(18)15-7-11(16)12(17)8-15/h1-3,6,11-12,16-17H,4-5,7-8,14H2/t11-,12+. The number of nitrogens with zero attached hydrogens (tertiary/aromatic N) is 1. The Hall–Kier alpha value is -1.43. The lowest BCUT2D eigenvalue weighted by Gasteiger charge is -2.15. The summed E-state index contributed by atoms with van der Waals surface area (Å²) in [4.78, 5) is 13.6. The Balaban J connectivity index is 2.11. The topological polar surface area (TPSA) is 86.8 Å². The monoisotopic (exact) mass is 250 g/mol. The predicted octanol–water partition coefficient (Wildman–Crippen LogP) is -0.635. The molecule has 1 fully saturated rings. The van der Waals surface area contributed by atoms with Crippen molar-refractivity contribution in [1.82, 2.24) is 4.90 Å². The summed E-state index contributed by atoms with van der Waals surface area (Å²) in [6, 6.07) is 7.30. The molecule has 18 heavy (non-hydrogen) atoms. The van der Waals surface area contributed by atoms with Crippen LogP contribution in [-0.4, -0.2) is 52.9 Å². The van der Waals surface area contributed by atoms with E-state index in [4.69, 9.17) is 5.73 Å². The second-order valence-corrected chi connectivity index (χ2v) is 4.58. The maximum absolute atomic E-state index is 12.2. The average Bonchev–Trinajstić information content (AvgIpc) is 2.69. The van der Waals surface area contributed by atoms with Crippen LogP contribution in [0.2, 0.25) is 0 Å². The van der Waals surface area contributed by atoms with Crippen molar-refractivity contribution in [1.29, 1.82) is 0 Å². The van der Waals surface area contributed by atoms with Crippen LogP contribution < -0.4 is 5.73 Å². The third-order valence-electron chi connectivity index (χ3n) is 3.15. The molecule has 1 aliphatic rings. The van der Waals surface area contributed by atoms with Gasteiger partial charge in [0.05, 0.1) is 12.2 Å². The molecule has 1 saturated heterocycles. The largest absolute Gasteiger partial charge is 0.388 e. The molecule has 1 aromatic carbocycles. The summed E-state index contributed by atoms with van der Waals surface area (Å²) < 4.78 is 0. The van der Waals surface area contributed by atoms with Crippen LogP contribution in [0.5, 0.6) is 0 Å². The van der Waals surface area contributed by atoms with Gasteiger partial charge in [0, 0.05) is 18.7 Å². The number of aliphatic hydroxyl groups is 2. The molecule has 2 atom stereocenters. The zero-order valence-corrected chi connectivity index (χ0v) is 10.1. The first-order chi connectivity index (χ1) is 8.61. The summed E-state index contributed by atoms with van der Waals surface area (Å²) >= 11 is 0. The number of likely N-dealkylation sites (tertiary alicyclic amines) is 1. The van der Waals surface area contributed by atoms with Crippen molar-refractivity contribution < 1.29 is 15.0 Å². The quantitative estimate of drug-likeness (QED) is 0.666. The lowest BCUT2D eigenvalue weighted by molar-refractivity contribution is 0.0572. The summed E-state index contributed by atoms with van der Waals surface area (Å²) in [6.07, 6.45) is -0.964. The molecule has 2 rings (SSSR count). The molecule has 0 saturated carbocycles. The van der Waals surface area contributed by atoms with Crippen molar-refractivity contribution >= 4 is 5.91 Å². The normalized spacial score (nSPS) is 23.4. The minimum atomic E-state index is -0.846. The van der Waals surface area contributed by atoms with Gasteiger partial charge in [0.15, 0.2) is 0 Å². The zero-order chi connectivity index (χ0) is 13.1. The van der Waals surface area contributed by atoms with Gasteiger partial charge in [-0.3, -0.25) is 4.79 Å². The fraction of sp³-hybridized carbons (Fsp3) is 0.462. The fourth-order valence-electron chi connectivity index (χ4n) is 2.14. The second-order valence-electron chi connectivity index (χ2n) is 4.58. The van der Waals surface area contributed by atoms with Gasteiger partial charge in [0.25, 0.3) is 5.91 Å². The van der Waals surface area contributed by atoms with Gasteiger partial charge in [-0.2, -0.15) is 0 Å². The van der Waals surface area contributed by atoms with Crippen molar-refractivity contribution in [2.45, 2.75) is 18.6 Å². The number of carbonyl (C=O) groups excluding carboxylic acids is 1. The van der Waals surface area contributed by atoms with Crippen molar-refractivity contribution in [2.24, 2.45) is 5.73 Å². The number of nitrogens with two attached hydrogens (primary N) is 1. The Morgan fingerprint density at radius 2 is 2.00 bits per heavy atom. The van der Waals surface area contributed by atoms with Crippen molar-refractivity contribution in [2.75, 3.05) is 19.6 Å². The van der Waals surface area contributed by atoms with E-state index in [1.54, 1.807) is 6.07 Å². The van der Waals surface area contributed by atoms with E-state index in [0.29, 0.717) is 12.1 Å². The van der Waals surface area contributed by atoms with Gasteiger partial charge in [-0.15, -0.1) is 0 Å². The zero-order valence-electron chi connectivity index (χ0n) is 10.1. The molecule has 0 aromatic heterocycles. The summed E-state index contributed by atoms with van der Waals surface area (Å²) in [7, 11) is 0. The van der Waals surface area contributed by atoms with Crippen LogP contribution in [-0.2, 0) is 6.42 Å². The van der Waals surface area contributed by atoms with Crippen LogP contribution in [0.15, 0.2) is 24.3 Å². The average molecular weight is 250 g/mol. The van der Waals surface area contributed by atoms with Crippen LogP contribution in [0.3, 0.4) is 0 Å². The molecular weight excluding hydrogens is 232 g/mol. The highest BCUT2D eigenvalue weighted by molar-refractivity contribution is 5.94. The first-order valence-corrected chi connectivity index (χ1v) is 6.06. The lowest BCUT2D eigenvalue weighted by atomic mass is 10.1. The number of aliphatic hydroxyl groups excluding tert-OH is 2. The molecule has 0 aliphatic carbocycles. The van der Waals surface area contributed by atoms with Gasteiger partial charge >= 0.3 is 0 Å². The molecule has 1 amide bonds. The summed E-state index contributed by atoms with van der Waals surface area (Å²) in [5, 5.41) is 18.9. The summed E-state index contributed by atoms with van der Waals surface area (Å²) in [5.41, 5.74) is 7.07.